The molecule has 1 fully saturated rings. The van der Waals surface area contributed by atoms with Crippen LogP contribution in [-0.2, 0) is 11.2 Å². The average Bonchev–Trinajstić information content (AvgIpc) is 3.41. The van der Waals surface area contributed by atoms with Gasteiger partial charge < -0.3 is 9.84 Å². The number of amides is 2. The van der Waals surface area contributed by atoms with E-state index in [4.69, 9.17) is 4.52 Å². The summed E-state index contributed by atoms with van der Waals surface area (Å²) < 4.78 is 5.32. The van der Waals surface area contributed by atoms with Crippen LogP contribution < -0.4 is 10.2 Å². The predicted molar refractivity (Wildman–Crippen MR) is 106 cm³/mol. The predicted octanol–water partition coefficient (Wildman–Crippen LogP) is 2.54. The van der Waals surface area contributed by atoms with Crippen molar-refractivity contribution in [2.75, 3.05) is 11.9 Å². The molecule has 0 unspecified atom stereocenters. The Labute approximate surface area is 167 Å². The van der Waals surface area contributed by atoms with Gasteiger partial charge in [-0.25, -0.2) is 4.98 Å². The highest BCUT2D eigenvalue weighted by Gasteiger charge is 2.52. The molecule has 0 saturated heterocycles. The minimum Gasteiger partial charge on any atom is -0.360 e. The van der Waals surface area contributed by atoms with Gasteiger partial charge in [-0.05, 0) is 35.4 Å². The minimum atomic E-state index is -0.596. The first kappa shape index (κ1) is 17.6. The van der Waals surface area contributed by atoms with Crippen LogP contribution in [0.25, 0.3) is 0 Å². The third kappa shape index (κ3) is 3.18. The molecule has 2 amide bonds. The van der Waals surface area contributed by atoms with Crippen LogP contribution in [0, 0.1) is 5.92 Å². The maximum absolute atomic E-state index is 13.0. The zero-order valence-electron chi connectivity index (χ0n) is 15.9. The van der Waals surface area contributed by atoms with E-state index in [0.29, 0.717) is 18.0 Å². The number of nitrogens with zero attached hydrogens (tertiary/aromatic N) is 3. The molecule has 3 aromatic rings. The fraction of sp³-hybridized carbons (Fsp3) is 0.273. The summed E-state index contributed by atoms with van der Waals surface area (Å²) in [5.41, 5.74) is 2.32. The molecule has 3 heterocycles. The van der Waals surface area contributed by atoms with Crippen molar-refractivity contribution in [1.29, 1.82) is 0 Å². The van der Waals surface area contributed by atoms with Gasteiger partial charge in [0.05, 0.1) is 0 Å². The van der Waals surface area contributed by atoms with Crippen molar-refractivity contribution >= 4 is 17.6 Å². The van der Waals surface area contributed by atoms with Crippen LogP contribution in [0.1, 0.15) is 39.7 Å². The van der Waals surface area contributed by atoms with Crippen LogP contribution in [0.5, 0.6) is 0 Å². The lowest BCUT2D eigenvalue weighted by atomic mass is 10.1. The van der Waals surface area contributed by atoms with Crippen LogP contribution in [0.15, 0.2) is 59.3 Å². The highest BCUT2D eigenvalue weighted by atomic mass is 16.5. The summed E-state index contributed by atoms with van der Waals surface area (Å²) in [5.74, 6) is 1.04. The number of carbonyl (C=O) groups excluding carboxylic acids is 2. The summed E-state index contributed by atoms with van der Waals surface area (Å²) in [6, 6.07) is 14.8. The number of rotatable bonds is 4. The first-order chi connectivity index (χ1) is 14.1. The van der Waals surface area contributed by atoms with Crippen molar-refractivity contribution in [1.82, 2.24) is 15.5 Å². The Morgan fingerprint density at radius 1 is 1.24 bits per heavy atom. The normalized spacial score (nSPS) is 22.4. The van der Waals surface area contributed by atoms with Crippen molar-refractivity contribution in [3.8, 4) is 0 Å². The first-order valence-corrected chi connectivity index (χ1v) is 9.64. The van der Waals surface area contributed by atoms with Crippen LogP contribution in [0.2, 0.25) is 0 Å². The maximum atomic E-state index is 13.0. The third-order valence-electron chi connectivity index (χ3n) is 5.70. The lowest BCUT2D eigenvalue weighted by Crippen LogP contribution is -2.48. The van der Waals surface area contributed by atoms with Crippen LogP contribution in [-0.4, -0.2) is 35.0 Å². The molecule has 1 N–H and O–H groups in total. The first-order valence-electron chi connectivity index (χ1n) is 9.64. The quantitative estimate of drug-likeness (QED) is 0.742. The molecule has 2 aliphatic rings. The summed E-state index contributed by atoms with van der Waals surface area (Å²) >= 11 is 0. The van der Waals surface area contributed by atoms with Crippen molar-refractivity contribution in [3.05, 3.63) is 77.3 Å². The van der Waals surface area contributed by atoms with Crippen molar-refractivity contribution in [3.63, 3.8) is 0 Å². The van der Waals surface area contributed by atoms with Gasteiger partial charge in [-0.2, -0.15) is 0 Å². The van der Waals surface area contributed by atoms with Gasteiger partial charge in [0.15, 0.2) is 5.69 Å². The van der Waals surface area contributed by atoms with E-state index in [1.54, 1.807) is 19.3 Å². The fourth-order valence-corrected chi connectivity index (χ4v) is 4.10. The number of benzene rings is 1. The second-order valence-electron chi connectivity index (χ2n) is 7.61. The number of fused-ring (bicyclic) bond motifs is 3. The highest BCUT2D eigenvalue weighted by molar-refractivity contribution is 6.02. The number of pyridine rings is 1. The molecule has 0 spiro atoms. The number of nitrogens with one attached hydrogen (secondary N) is 1. The van der Waals surface area contributed by atoms with E-state index in [1.165, 1.54) is 4.90 Å². The third-order valence-corrected chi connectivity index (χ3v) is 5.70. The maximum Gasteiger partial charge on any atom is 0.274 e. The van der Waals surface area contributed by atoms with Crippen molar-refractivity contribution in [2.24, 2.45) is 5.92 Å². The monoisotopic (exact) mass is 388 g/mol. The van der Waals surface area contributed by atoms with Gasteiger partial charge in [-0.3, -0.25) is 14.5 Å². The number of likely N-dealkylation sites (N-methyl/N-ethyl adjacent to an activating group) is 1. The van der Waals surface area contributed by atoms with E-state index in [1.807, 2.05) is 42.5 Å². The van der Waals surface area contributed by atoms with E-state index in [9.17, 15) is 9.59 Å². The molecule has 0 radical (unpaired) electrons. The van der Waals surface area contributed by atoms with Gasteiger partial charge in [0.25, 0.3) is 11.8 Å². The molecular formula is C22H20N4O3. The smallest absolute Gasteiger partial charge is 0.274 e. The van der Waals surface area contributed by atoms with Crippen molar-refractivity contribution < 1.29 is 14.1 Å². The van der Waals surface area contributed by atoms with Gasteiger partial charge in [0.2, 0.25) is 0 Å². The summed E-state index contributed by atoms with van der Waals surface area (Å²) in [7, 11) is 1.70. The Balaban J connectivity index is 1.32. The minimum absolute atomic E-state index is 0.0787. The number of hydrogen-bond donors (Lipinski definition) is 1. The molecule has 146 valence electrons. The van der Waals surface area contributed by atoms with Gasteiger partial charge >= 0.3 is 0 Å². The number of anilines is 1. The van der Waals surface area contributed by atoms with Gasteiger partial charge in [0.1, 0.15) is 17.6 Å². The molecule has 1 aliphatic heterocycles. The highest BCUT2D eigenvalue weighted by Crippen LogP contribution is 2.53. The van der Waals surface area contributed by atoms with E-state index >= 15 is 0 Å². The molecule has 7 nitrogen and oxygen atoms in total. The zero-order valence-corrected chi connectivity index (χ0v) is 15.9. The average molecular weight is 388 g/mol. The Kier molecular flexibility index (Phi) is 4.16. The topological polar surface area (TPSA) is 88.3 Å². The largest absolute Gasteiger partial charge is 0.360 e. The second kappa shape index (κ2) is 6.84. The SMILES string of the molecule is CN1C(=O)[C@H](NC(=O)c2cc(Cc3ccccc3)on2)[C@@H]2C[C@@H]2c2cccnc21. The summed E-state index contributed by atoms with van der Waals surface area (Å²) in [6.07, 6.45) is 3.10. The number of aromatic nitrogens is 2. The lowest BCUT2D eigenvalue weighted by molar-refractivity contribution is -0.120. The van der Waals surface area contributed by atoms with Gasteiger partial charge in [-0.15, -0.1) is 0 Å². The molecule has 0 bridgehead atoms. The molecule has 1 aliphatic carbocycles. The van der Waals surface area contributed by atoms with Crippen molar-refractivity contribution in [2.45, 2.75) is 24.8 Å². The van der Waals surface area contributed by atoms with E-state index < -0.39 is 11.9 Å². The Bertz CT molecular complexity index is 1080. The van der Waals surface area contributed by atoms with Gasteiger partial charge in [-0.1, -0.05) is 41.6 Å². The standard InChI is InChI=1S/C22H20N4O3/c1-26-20-15(8-5-9-23-20)16-12-17(16)19(22(26)28)24-21(27)18-11-14(29-25-18)10-13-6-3-2-4-7-13/h2-9,11,16-17,19H,10,12H2,1H3,(H,24,27)/t16-,17-,19-/m1/s1. The molecular weight excluding hydrogens is 368 g/mol. The molecule has 7 heteroatoms. The van der Waals surface area contributed by atoms with Crippen LogP contribution >= 0.6 is 0 Å². The van der Waals surface area contributed by atoms with E-state index in [2.05, 4.69) is 15.5 Å². The Morgan fingerprint density at radius 3 is 2.90 bits per heavy atom. The van der Waals surface area contributed by atoms with Crippen LogP contribution in [0.4, 0.5) is 5.82 Å². The molecule has 1 saturated carbocycles. The number of hydrogen-bond acceptors (Lipinski definition) is 5. The van der Waals surface area contributed by atoms with E-state index in [0.717, 1.165) is 17.5 Å². The zero-order chi connectivity index (χ0) is 20.0. The summed E-state index contributed by atoms with van der Waals surface area (Å²) in [5, 5.41) is 6.78. The molecule has 5 rings (SSSR count). The summed E-state index contributed by atoms with van der Waals surface area (Å²) in [4.78, 5) is 31.7. The molecule has 1 aromatic carbocycles. The lowest BCUT2D eigenvalue weighted by Gasteiger charge is -2.22. The van der Waals surface area contributed by atoms with Gasteiger partial charge in [0, 0.05) is 25.7 Å². The second-order valence-corrected chi connectivity index (χ2v) is 7.61. The Hall–Kier alpha value is -3.48. The fourth-order valence-electron chi connectivity index (χ4n) is 4.10. The number of carbonyl (C=O) groups is 2. The molecule has 29 heavy (non-hydrogen) atoms. The molecule has 3 atom stereocenters. The van der Waals surface area contributed by atoms with E-state index in [-0.39, 0.29) is 23.4 Å². The molecule has 2 aromatic heterocycles. The summed E-state index contributed by atoms with van der Waals surface area (Å²) in [6.45, 7) is 0. The Morgan fingerprint density at radius 2 is 2.07 bits per heavy atom. The van der Waals surface area contributed by atoms with Crippen LogP contribution in [0.3, 0.4) is 0 Å².